The molecule has 8 nitrogen and oxygen atoms in total. The van der Waals surface area contributed by atoms with Crippen LogP contribution >= 0.6 is 11.8 Å². The van der Waals surface area contributed by atoms with Gasteiger partial charge in [-0.2, -0.15) is 5.10 Å². The molecule has 0 aliphatic carbocycles. The van der Waals surface area contributed by atoms with Crippen molar-refractivity contribution < 1.29 is 19.6 Å². The number of amides is 1. The molecule has 0 spiro atoms. The number of nitro benzene ring substituents is 1. The zero-order chi connectivity index (χ0) is 18.9. The second-order valence-electron chi connectivity index (χ2n) is 5.14. The Morgan fingerprint density at radius 1 is 1.35 bits per heavy atom. The van der Waals surface area contributed by atoms with Crippen molar-refractivity contribution in [3.63, 3.8) is 0 Å². The number of nitro groups is 1. The second kappa shape index (κ2) is 9.42. The van der Waals surface area contributed by atoms with Crippen LogP contribution in [0.3, 0.4) is 0 Å². The number of rotatable bonds is 8. The molecule has 0 atom stereocenters. The number of carbonyl (C=O) groups is 1. The molecule has 0 heterocycles. The smallest absolute Gasteiger partial charge is 0.269 e. The minimum absolute atomic E-state index is 0.0244. The highest BCUT2D eigenvalue weighted by Gasteiger charge is 2.05. The van der Waals surface area contributed by atoms with Gasteiger partial charge in [-0.1, -0.05) is 12.1 Å². The van der Waals surface area contributed by atoms with E-state index in [2.05, 4.69) is 10.5 Å². The van der Waals surface area contributed by atoms with E-state index in [9.17, 15) is 20.0 Å². The number of carbonyl (C=O) groups excluding carboxylic acids is 1. The van der Waals surface area contributed by atoms with Gasteiger partial charge in [-0.05, 0) is 29.3 Å². The van der Waals surface area contributed by atoms with Crippen molar-refractivity contribution in [2.75, 3.05) is 12.9 Å². The summed E-state index contributed by atoms with van der Waals surface area (Å²) in [4.78, 5) is 21.9. The lowest BCUT2D eigenvalue weighted by atomic mass is 10.2. The SMILES string of the molecule is COc1cc(/C=N/NC(=O)CSCc2ccc([N+](=O)[O-])cc2)ccc1O. The fourth-order valence-corrected chi connectivity index (χ4v) is 2.74. The second-order valence-corrected chi connectivity index (χ2v) is 6.13. The lowest BCUT2D eigenvalue weighted by molar-refractivity contribution is -0.384. The monoisotopic (exact) mass is 375 g/mol. The number of phenolic OH excluding ortho intramolecular Hbond substituents is 1. The van der Waals surface area contributed by atoms with Gasteiger partial charge in [0.15, 0.2) is 11.5 Å². The molecule has 136 valence electrons. The van der Waals surface area contributed by atoms with Crippen LogP contribution in [0.15, 0.2) is 47.6 Å². The number of hydrazone groups is 1. The third-order valence-electron chi connectivity index (χ3n) is 3.26. The van der Waals surface area contributed by atoms with Crippen molar-refractivity contribution in [1.82, 2.24) is 5.43 Å². The van der Waals surface area contributed by atoms with Gasteiger partial charge >= 0.3 is 0 Å². The van der Waals surface area contributed by atoms with Gasteiger partial charge in [0.1, 0.15) is 0 Å². The lowest BCUT2D eigenvalue weighted by Gasteiger charge is -2.04. The Morgan fingerprint density at radius 3 is 2.73 bits per heavy atom. The van der Waals surface area contributed by atoms with Crippen molar-refractivity contribution in [2.45, 2.75) is 5.75 Å². The van der Waals surface area contributed by atoms with Crippen LogP contribution in [0, 0.1) is 10.1 Å². The zero-order valence-corrected chi connectivity index (χ0v) is 14.7. The van der Waals surface area contributed by atoms with E-state index in [1.165, 1.54) is 43.3 Å². The number of non-ortho nitro benzene ring substituents is 1. The Balaban J connectivity index is 1.75. The third-order valence-corrected chi connectivity index (χ3v) is 4.26. The van der Waals surface area contributed by atoms with Crippen LogP contribution in [0.1, 0.15) is 11.1 Å². The van der Waals surface area contributed by atoms with E-state index in [-0.39, 0.29) is 23.1 Å². The molecule has 0 saturated carbocycles. The molecule has 0 bridgehead atoms. The summed E-state index contributed by atoms with van der Waals surface area (Å²) in [7, 11) is 1.44. The average molecular weight is 375 g/mol. The predicted molar refractivity (Wildman–Crippen MR) is 99.7 cm³/mol. The number of phenols is 1. The Kier molecular flexibility index (Phi) is 6.98. The van der Waals surface area contributed by atoms with Crippen LogP contribution < -0.4 is 10.2 Å². The first-order valence-corrected chi connectivity index (χ1v) is 8.65. The van der Waals surface area contributed by atoms with Crippen LogP contribution in [-0.2, 0) is 10.5 Å². The number of hydrogen-bond acceptors (Lipinski definition) is 7. The molecule has 26 heavy (non-hydrogen) atoms. The van der Waals surface area contributed by atoms with Crippen LogP contribution in [0.5, 0.6) is 11.5 Å². The van der Waals surface area contributed by atoms with Gasteiger partial charge in [-0.3, -0.25) is 14.9 Å². The fourth-order valence-electron chi connectivity index (χ4n) is 1.96. The highest BCUT2D eigenvalue weighted by atomic mass is 32.2. The average Bonchev–Trinajstić information content (AvgIpc) is 2.63. The quantitative estimate of drug-likeness (QED) is 0.416. The first-order chi connectivity index (χ1) is 12.5. The molecule has 0 radical (unpaired) electrons. The van der Waals surface area contributed by atoms with Crippen molar-refractivity contribution >= 4 is 29.6 Å². The minimum atomic E-state index is -0.452. The number of methoxy groups -OCH3 is 1. The molecule has 0 saturated heterocycles. The third kappa shape index (κ3) is 5.78. The highest BCUT2D eigenvalue weighted by molar-refractivity contribution is 7.99. The highest BCUT2D eigenvalue weighted by Crippen LogP contribution is 2.25. The van der Waals surface area contributed by atoms with E-state index < -0.39 is 4.92 Å². The number of benzene rings is 2. The number of hydrogen-bond donors (Lipinski definition) is 2. The number of ether oxygens (including phenoxy) is 1. The van der Waals surface area contributed by atoms with Gasteiger partial charge in [0.2, 0.25) is 5.91 Å². The first-order valence-electron chi connectivity index (χ1n) is 7.49. The number of nitrogens with zero attached hydrogens (tertiary/aromatic N) is 2. The Labute approximate surface area is 154 Å². The maximum absolute atomic E-state index is 11.7. The standard InChI is InChI=1S/C17H17N3O5S/c1-25-16-8-13(4-7-15(16)21)9-18-19-17(22)11-26-10-12-2-5-14(6-3-12)20(23)24/h2-9,21H,10-11H2,1H3,(H,19,22)/b18-9+. The van der Waals surface area contributed by atoms with Gasteiger partial charge in [-0.15, -0.1) is 11.8 Å². The zero-order valence-electron chi connectivity index (χ0n) is 13.9. The van der Waals surface area contributed by atoms with Crippen molar-refractivity contribution in [3.8, 4) is 11.5 Å². The molecule has 2 rings (SSSR count). The molecule has 0 fully saturated rings. The summed E-state index contributed by atoms with van der Waals surface area (Å²) in [6.45, 7) is 0. The maximum Gasteiger partial charge on any atom is 0.269 e. The summed E-state index contributed by atoms with van der Waals surface area (Å²) in [5.41, 5.74) is 4.01. The number of nitrogens with one attached hydrogen (secondary N) is 1. The Morgan fingerprint density at radius 2 is 2.08 bits per heavy atom. The molecular formula is C17H17N3O5S. The van der Waals surface area contributed by atoms with Crippen molar-refractivity contribution in [2.24, 2.45) is 5.10 Å². The van der Waals surface area contributed by atoms with Gasteiger partial charge in [-0.25, -0.2) is 5.43 Å². The summed E-state index contributed by atoms with van der Waals surface area (Å²) in [6.07, 6.45) is 1.45. The first kappa shape index (κ1) is 19.3. The largest absolute Gasteiger partial charge is 0.504 e. The van der Waals surface area contributed by atoms with E-state index in [1.54, 1.807) is 24.3 Å². The Bertz CT molecular complexity index is 809. The molecule has 2 aromatic rings. The molecular weight excluding hydrogens is 358 g/mol. The van der Waals surface area contributed by atoms with Gasteiger partial charge < -0.3 is 9.84 Å². The van der Waals surface area contributed by atoms with Crippen LogP contribution in [-0.4, -0.2) is 35.0 Å². The summed E-state index contributed by atoms with van der Waals surface area (Å²) >= 11 is 1.37. The number of thioether (sulfide) groups is 1. The molecule has 0 aliphatic rings. The summed E-state index contributed by atoms with van der Waals surface area (Å²) in [5, 5.41) is 23.9. The van der Waals surface area contributed by atoms with E-state index in [0.29, 0.717) is 17.1 Å². The molecule has 1 amide bonds. The van der Waals surface area contributed by atoms with E-state index in [1.807, 2.05) is 0 Å². The number of aromatic hydroxyl groups is 1. The van der Waals surface area contributed by atoms with Crippen LogP contribution in [0.2, 0.25) is 0 Å². The Hall–Kier alpha value is -3.07. The lowest BCUT2D eigenvalue weighted by Crippen LogP contribution is -2.19. The van der Waals surface area contributed by atoms with Gasteiger partial charge in [0.05, 0.1) is 24.0 Å². The van der Waals surface area contributed by atoms with E-state index in [4.69, 9.17) is 4.74 Å². The van der Waals surface area contributed by atoms with Crippen molar-refractivity contribution in [3.05, 3.63) is 63.7 Å². The maximum atomic E-state index is 11.7. The van der Waals surface area contributed by atoms with Crippen molar-refractivity contribution in [1.29, 1.82) is 0 Å². The molecule has 9 heteroatoms. The van der Waals surface area contributed by atoms with Gasteiger partial charge in [0.25, 0.3) is 5.69 Å². The van der Waals surface area contributed by atoms with Crippen LogP contribution in [0.4, 0.5) is 5.69 Å². The predicted octanol–water partition coefficient (Wildman–Crippen LogP) is 2.69. The van der Waals surface area contributed by atoms with E-state index in [0.717, 1.165) is 5.56 Å². The molecule has 0 aromatic heterocycles. The molecule has 2 N–H and O–H groups in total. The van der Waals surface area contributed by atoms with E-state index >= 15 is 0 Å². The minimum Gasteiger partial charge on any atom is -0.504 e. The molecule has 2 aromatic carbocycles. The van der Waals surface area contributed by atoms with Crippen LogP contribution in [0.25, 0.3) is 0 Å². The fraction of sp³-hybridized carbons (Fsp3) is 0.176. The topological polar surface area (TPSA) is 114 Å². The van der Waals surface area contributed by atoms with Gasteiger partial charge in [0, 0.05) is 17.9 Å². The summed E-state index contributed by atoms with van der Waals surface area (Å²) < 4.78 is 4.99. The molecule has 0 unspecified atom stereocenters. The summed E-state index contributed by atoms with van der Waals surface area (Å²) in [6, 6.07) is 10.9. The summed E-state index contributed by atoms with van der Waals surface area (Å²) in [5.74, 6) is 0.839. The normalized spacial score (nSPS) is 10.7. The molecule has 0 aliphatic heterocycles.